The molecule has 0 amide bonds. The Morgan fingerprint density at radius 1 is 1.08 bits per heavy atom. The smallest absolute Gasteiger partial charge is 0.0121 e. The third kappa shape index (κ3) is 1.32. The second-order valence-corrected chi connectivity index (χ2v) is 6.17. The van der Waals surface area contributed by atoms with Crippen LogP contribution in [0, 0.1) is 17.3 Å². The molecule has 3 saturated carbocycles. The van der Waals surface area contributed by atoms with Crippen LogP contribution >= 0.6 is 0 Å². The molecule has 1 nitrogen and oxygen atoms in total. The first-order valence-electron chi connectivity index (χ1n) is 5.91. The molecule has 3 aliphatic carbocycles. The summed E-state index contributed by atoms with van der Waals surface area (Å²) in [4.78, 5) is 0. The van der Waals surface area contributed by atoms with Crippen molar-refractivity contribution >= 4 is 0 Å². The lowest BCUT2D eigenvalue weighted by Gasteiger charge is -2.46. The van der Waals surface area contributed by atoms with Crippen molar-refractivity contribution in [1.29, 1.82) is 0 Å². The Labute approximate surface area is 81.3 Å². The predicted molar refractivity (Wildman–Crippen MR) is 54.6 cm³/mol. The van der Waals surface area contributed by atoms with Gasteiger partial charge >= 0.3 is 0 Å². The Bertz CT molecular complexity index is 211. The van der Waals surface area contributed by atoms with Gasteiger partial charge in [-0.3, -0.25) is 0 Å². The first-order valence-corrected chi connectivity index (χ1v) is 5.91. The highest BCUT2D eigenvalue weighted by Gasteiger charge is 2.48. The van der Waals surface area contributed by atoms with Crippen LogP contribution in [0.15, 0.2) is 0 Å². The van der Waals surface area contributed by atoms with Crippen LogP contribution in [-0.2, 0) is 0 Å². The van der Waals surface area contributed by atoms with E-state index in [2.05, 4.69) is 19.2 Å². The second-order valence-electron chi connectivity index (χ2n) is 6.17. The Kier molecular flexibility index (Phi) is 1.59. The first kappa shape index (κ1) is 8.28. The number of hydrogen-bond donors (Lipinski definition) is 1. The minimum absolute atomic E-state index is 0.590. The summed E-state index contributed by atoms with van der Waals surface area (Å²) in [5.41, 5.74) is 0.590. The quantitative estimate of drug-likeness (QED) is 0.687. The highest BCUT2D eigenvalue weighted by atomic mass is 15.0. The monoisotopic (exact) mass is 179 g/mol. The Balaban J connectivity index is 1.53. The molecular weight excluding hydrogens is 158 g/mol. The maximum Gasteiger partial charge on any atom is 0.0121 e. The van der Waals surface area contributed by atoms with Crippen molar-refractivity contribution in [2.24, 2.45) is 17.3 Å². The Hall–Kier alpha value is -0.0400. The van der Waals surface area contributed by atoms with E-state index in [0.29, 0.717) is 5.41 Å². The van der Waals surface area contributed by atoms with Crippen molar-refractivity contribution in [2.75, 3.05) is 0 Å². The summed E-state index contributed by atoms with van der Waals surface area (Å²) in [5, 5.41) is 3.87. The van der Waals surface area contributed by atoms with Gasteiger partial charge in [-0.05, 0) is 49.4 Å². The van der Waals surface area contributed by atoms with E-state index < -0.39 is 0 Å². The van der Waals surface area contributed by atoms with Gasteiger partial charge in [0.25, 0.3) is 0 Å². The van der Waals surface area contributed by atoms with E-state index in [4.69, 9.17) is 0 Å². The van der Waals surface area contributed by atoms with Gasteiger partial charge in [-0.25, -0.2) is 0 Å². The van der Waals surface area contributed by atoms with Gasteiger partial charge in [0, 0.05) is 12.1 Å². The zero-order valence-corrected chi connectivity index (χ0v) is 8.84. The summed E-state index contributed by atoms with van der Waals surface area (Å²) in [6, 6.07) is 1.71. The zero-order chi connectivity index (χ0) is 9.05. The maximum absolute atomic E-state index is 3.87. The van der Waals surface area contributed by atoms with Crippen LogP contribution in [0.5, 0.6) is 0 Å². The molecule has 74 valence electrons. The van der Waals surface area contributed by atoms with Crippen molar-refractivity contribution in [1.82, 2.24) is 5.32 Å². The second kappa shape index (κ2) is 2.50. The predicted octanol–water partition coefficient (Wildman–Crippen LogP) is 2.56. The lowest BCUT2D eigenvalue weighted by molar-refractivity contribution is 0.0966. The molecule has 1 heteroatoms. The minimum Gasteiger partial charge on any atom is -0.311 e. The maximum atomic E-state index is 3.87. The van der Waals surface area contributed by atoms with Gasteiger partial charge in [0.1, 0.15) is 0 Å². The molecule has 0 saturated heterocycles. The summed E-state index contributed by atoms with van der Waals surface area (Å²) in [6.45, 7) is 4.81. The molecule has 0 bridgehead atoms. The molecule has 0 spiro atoms. The normalized spacial score (nSPS) is 51.2. The topological polar surface area (TPSA) is 12.0 Å². The summed E-state index contributed by atoms with van der Waals surface area (Å²) < 4.78 is 0. The van der Waals surface area contributed by atoms with Crippen LogP contribution in [0.3, 0.4) is 0 Å². The van der Waals surface area contributed by atoms with Gasteiger partial charge in [-0.2, -0.15) is 0 Å². The number of hydrogen-bond acceptors (Lipinski definition) is 1. The molecule has 0 aromatic carbocycles. The van der Waals surface area contributed by atoms with Gasteiger partial charge < -0.3 is 5.32 Å². The zero-order valence-electron chi connectivity index (χ0n) is 8.84. The first-order chi connectivity index (χ1) is 6.15. The van der Waals surface area contributed by atoms with Gasteiger partial charge in [-0.15, -0.1) is 0 Å². The van der Waals surface area contributed by atoms with Crippen LogP contribution in [0.4, 0.5) is 0 Å². The number of fused-ring (bicyclic) bond motifs is 1. The van der Waals surface area contributed by atoms with Crippen molar-refractivity contribution in [3.63, 3.8) is 0 Å². The Morgan fingerprint density at radius 2 is 1.77 bits per heavy atom. The number of rotatable bonds is 2. The highest BCUT2D eigenvalue weighted by Crippen LogP contribution is 2.52. The molecule has 0 aromatic rings. The summed E-state index contributed by atoms with van der Waals surface area (Å²) in [5.74, 6) is 2.25. The van der Waals surface area contributed by atoms with E-state index in [-0.39, 0.29) is 0 Å². The van der Waals surface area contributed by atoms with Crippen LogP contribution in [0.25, 0.3) is 0 Å². The van der Waals surface area contributed by atoms with Crippen molar-refractivity contribution in [3.05, 3.63) is 0 Å². The molecule has 3 aliphatic rings. The molecule has 3 atom stereocenters. The minimum atomic E-state index is 0.590. The van der Waals surface area contributed by atoms with E-state index in [1.807, 2.05) is 0 Å². The van der Waals surface area contributed by atoms with Crippen LogP contribution in [-0.4, -0.2) is 12.1 Å². The van der Waals surface area contributed by atoms with E-state index in [0.717, 1.165) is 23.9 Å². The van der Waals surface area contributed by atoms with E-state index >= 15 is 0 Å². The molecule has 3 fully saturated rings. The fourth-order valence-corrected chi connectivity index (χ4v) is 3.31. The van der Waals surface area contributed by atoms with E-state index in [1.54, 1.807) is 6.42 Å². The molecule has 0 radical (unpaired) electrons. The number of nitrogens with one attached hydrogen (secondary N) is 1. The van der Waals surface area contributed by atoms with Crippen LogP contribution in [0.2, 0.25) is 0 Å². The third-order valence-electron chi connectivity index (χ3n) is 4.70. The van der Waals surface area contributed by atoms with Gasteiger partial charge in [0.15, 0.2) is 0 Å². The lowest BCUT2D eigenvalue weighted by Crippen LogP contribution is -2.53. The average Bonchev–Trinajstić information content (AvgIpc) is 2.69. The van der Waals surface area contributed by atoms with E-state index in [9.17, 15) is 0 Å². The van der Waals surface area contributed by atoms with Gasteiger partial charge in [-0.1, -0.05) is 13.8 Å². The van der Waals surface area contributed by atoms with Crippen molar-refractivity contribution in [2.45, 2.75) is 58.0 Å². The molecule has 1 N–H and O–H groups in total. The molecule has 0 aromatic heterocycles. The summed E-state index contributed by atoms with van der Waals surface area (Å²) in [7, 11) is 0. The average molecular weight is 179 g/mol. The summed E-state index contributed by atoms with van der Waals surface area (Å²) in [6.07, 6.45) is 7.35. The third-order valence-corrected chi connectivity index (χ3v) is 4.70. The SMILES string of the molecule is CC1(C)CCC1NC1CC2CC2C1. The largest absolute Gasteiger partial charge is 0.311 e. The lowest BCUT2D eigenvalue weighted by atomic mass is 9.67. The van der Waals surface area contributed by atoms with Crippen LogP contribution < -0.4 is 5.32 Å². The molecule has 0 heterocycles. The van der Waals surface area contributed by atoms with Gasteiger partial charge in [0.05, 0.1) is 0 Å². The summed E-state index contributed by atoms with van der Waals surface area (Å²) >= 11 is 0. The molecule has 13 heavy (non-hydrogen) atoms. The van der Waals surface area contributed by atoms with Gasteiger partial charge in [0.2, 0.25) is 0 Å². The van der Waals surface area contributed by atoms with Crippen molar-refractivity contribution < 1.29 is 0 Å². The van der Waals surface area contributed by atoms with Crippen LogP contribution in [0.1, 0.15) is 46.0 Å². The van der Waals surface area contributed by atoms with Crippen molar-refractivity contribution in [3.8, 4) is 0 Å². The fourth-order valence-electron chi connectivity index (χ4n) is 3.31. The fraction of sp³-hybridized carbons (Fsp3) is 1.00. The standard InChI is InChI=1S/C12H21N/c1-12(2)4-3-11(12)13-10-6-8-5-9(8)7-10/h8-11,13H,3-7H2,1-2H3. The van der Waals surface area contributed by atoms with E-state index in [1.165, 1.54) is 25.7 Å². The Morgan fingerprint density at radius 3 is 2.23 bits per heavy atom. The molecular formula is C12H21N. The molecule has 0 aliphatic heterocycles. The molecule has 3 rings (SSSR count). The highest BCUT2D eigenvalue weighted by molar-refractivity contribution is 5.02. The molecule has 3 unspecified atom stereocenters.